The molecular formula is C18H24N4O3S. The van der Waals surface area contributed by atoms with Gasteiger partial charge in [-0.3, -0.25) is 14.3 Å². The highest BCUT2D eigenvalue weighted by Crippen LogP contribution is 2.32. The number of hydrogen-bond donors (Lipinski definition) is 0. The van der Waals surface area contributed by atoms with E-state index in [1.165, 1.54) is 11.8 Å². The van der Waals surface area contributed by atoms with Gasteiger partial charge in [0, 0.05) is 30.9 Å². The summed E-state index contributed by atoms with van der Waals surface area (Å²) in [5.74, 6) is -0.374. The number of aryl methyl sites for hydroxylation is 1. The lowest BCUT2D eigenvalue weighted by Gasteiger charge is -2.31. The second-order valence-electron chi connectivity index (χ2n) is 6.32. The van der Waals surface area contributed by atoms with Gasteiger partial charge in [-0.1, -0.05) is 0 Å². The normalized spacial score (nSPS) is 20.0. The van der Waals surface area contributed by atoms with Crippen LogP contribution in [0.4, 0.5) is 0 Å². The predicted octanol–water partition coefficient (Wildman–Crippen LogP) is 2.46. The second kappa shape index (κ2) is 8.07. The molecule has 1 aromatic heterocycles. The number of piperidine rings is 1. The molecule has 0 aliphatic carbocycles. The van der Waals surface area contributed by atoms with Crippen molar-refractivity contribution in [2.24, 2.45) is 10.9 Å². The number of amidine groups is 1. The summed E-state index contributed by atoms with van der Waals surface area (Å²) in [5.41, 5.74) is 1.98. The number of amides is 1. The number of esters is 1. The van der Waals surface area contributed by atoms with Crippen LogP contribution in [0.25, 0.3) is 6.08 Å². The summed E-state index contributed by atoms with van der Waals surface area (Å²) in [4.78, 5) is 31.0. The average Bonchev–Trinajstić information content (AvgIpc) is 3.19. The SMILES string of the molecule is CCOC(=O)C1CCN(C2=NC(=O)/C(=C/c3cnn(CC)c3C)S2)CC1. The largest absolute Gasteiger partial charge is 0.466 e. The van der Waals surface area contributed by atoms with Crippen LogP contribution in [0.15, 0.2) is 16.1 Å². The fourth-order valence-electron chi connectivity index (χ4n) is 3.16. The minimum Gasteiger partial charge on any atom is -0.466 e. The zero-order valence-electron chi connectivity index (χ0n) is 15.4. The van der Waals surface area contributed by atoms with Crippen LogP contribution < -0.4 is 0 Å². The first-order valence-corrected chi connectivity index (χ1v) is 9.81. The fourth-order valence-corrected chi connectivity index (χ4v) is 4.12. The van der Waals surface area contributed by atoms with Crippen molar-refractivity contribution in [3.8, 4) is 0 Å². The van der Waals surface area contributed by atoms with Crippen molar-refractivity contribution >= 4 is 34.9 Å². The summed E-state index contributed by atoms with van der Waals surface area (Å²) in [6.45, 7) is 8.49. The number of likely N-dealkylation sites (tertiary alicyclic amines) is 1. The third-order valence-electron chi connectivity index (χ3n) is 4.72. The summed E-state index contributed by atoms with van der Waals surface area (Å²) in [6, 6.07) is 0. The number of hydrogen-bond acceptors (Lipinski definition) is 6. The smallest absolute Gasteiger partial charge is 0.309 e. The Kier molecular flexibility index (Phi) is 5.80. The van der Waals surface area contributed by atoms with Crippen LogP contribution in [0.1, 0.15) is 37.9 Å². The van der Waals surface area contributed by atoms with Gasteiger partial charge in [0.05, 0.1) is 23.6 Å². The molecule has 140 valence electrons. The molecule has 2 aliphatic rings. The number of nitrogens with zero attached hydrogens (tertiary/aromatic N) is 4. The molecule has 0 radical (unpaired) electrons. The van der Waals surface area contributed by atoms with Gasteiger partial charge in [0.1, 0.15) is 0 Å². The van der Waals surface area contributed by atoms with Crippen molar-refractivity contribution in [1.82, 2.24) is 14.7 Å². The van der Waals surface area contributed by atoms with E-state index in [-0.39, 0.29) is 17.8 Å². The topological polar surface area (TPSA) is 76.8 Å². The van der Waals surface area contributed by atoms with Gasteiger partial charge in [-0.05, 0) is 51.5 Å². The number of aromatic nitrogens is 2. The number of ether oxygens (including phenoxy) is 1. The third-order valence-corrected chi connectivity index (χ3v) is 5.77. The minimum atomic E-state index is -0.207. The van der Waals surface area contributed by atoms with E-state index < -0.39 is 0 Å². The average molecular weight is 376 g/mol. The summed E-state index contributed by atoms with van der Waals surface area (Å²) >= 11 is 1.40. The molecule has 2 aliphatic heterocycles. The first-order valence-electron chi connectivity index (χ1n) is 9.00. The molecule has 0 N–H and O–H groups in total. The number of aliphatic imine (C=N–C) groups is 1. The maximum Gasteiger partial charge on any atom is 0.309 e. The maximum absolute atomic E-state index is 12.3. The molecule has 7 nitrogen and oxygen atoms in total. The van der Waals surface area contributed by atoms with E-state index in [9.17, 15) is 9.59 Å². The van der Waals surface area contributed by atoms with Crippen molar-refractivity contribution in [3.63, 3.8) is 0 Å². The Bertz CT molecular complexity index is 760. The molecule has 8 heteroatoms. The van der Waals surface area contributed by atoms with E-state index in [0.717, 1.165) is 35.8 Å². The Balaban J connectivity index is 1.63. The molecule has 0 saturated carbocycles. The maximum atomic E-state index is 12.3. The Hall–Kier alpha value is -2.09. The van der Waals surface area contributed by atoms with Crippen LogP contribution >= 0.6 is 11.8 Å². The number of rotatable bonds is 4. The van der Waals surface area contributed by atoms with Crippen LogP contribution in [-0.4, -0.2) is 51.4 Å². The molecule has 0 spiro atoms. The molecule has 0 aromatic carbocycles. The molecule has 26 heavy (non-hydrogen) atoms. The molecular weight excluding hydrogens is 352 g/mol. The zero-order chi connectivity index (χ0) is 18.7. The van der Waals surface area contributed by atoms with Crippen LogP contribution in [0, 0.1) is 12.8 Å². The summed E-state index contributed by atoms with van der Waals surface area (Å²) < 4.78 is 7.00. The molecule has 3 rings (SSSR count). The van der Waals surface area contributed by atoms with E-state index in [4.69, 9.17) is 4.74 Å². The van der Waals surface area contributed by atoms with E-state index in [0.29, 0.717) is 24.6 Å². The Labute approximate surface area is 157 Å². The lowest BCUT2D eigenvalue weighted by Crippen LogP contribution is -2.39. The molecule has 1 aromatic rings. The van der Waals surface area contributed by atoms with Gasteiger partial charge < -0.3 is 9.64 Å². The molecule has 0 atom stereocenters. The van der Waals surface area contributed by atoms with Gasteiger partial charge >= 0.3 is 5.97 Å². The Morgan fingerprint density at radius 1 is 1.38 bits per heavy atom. The first-order chi connectivity index (χ1) is 12.5. The van der Waals surface area contributed by atoms with Crippen LogP contribution in [0.2, 0.25) is 0 Å². The molecule has 3 heterocycles. The highest BCUT2D eigenvalue weighted by Gasteiger charge is 2.31. The molecule has 1 fully saturated rings. The van der Waals surface area contributed by atoms with Crippen LogP contribution in [-0.2, 0) is 20.9 Å². The number of carbonyl (C=O) groups excluding carboxylic acids is 2. The first kappa shape index (κ1) is 18.7. The minimum absolute atomic E-state index is 0.0496. The molecule has 0 unspecified atom stereocenters. The van der Waals surface area contributed by atoms with Gasteiger partial charge in [0.25, 0.3) is 5.91 Å². The molecule has 1 amide bonds. The highest BCUT2D eigenvalue weighted by atomic mass is 32.2. The van der Waals surface area contributed by atoms with Gasteiger partial charge in [-0.25, -0.2) is 0 Å². The standard InChI is InChI=1S/C18H24N4O3S/c1-4-22-12(3)14(11-19-22)10-15-16(23)20-18(26-15)21-8-6-13(7-9-21)17(24)25-5-2/h10-11,13H,4-9H2,1-3H3/b15-10-. The summed E-state index contributed by atoms with van der Waals surface area (Å²) in [5, 5.41) is 5.04. The summed E-state index contributed by atoms with van der Waals surface area (Å²) in [7, 11) is 0. The molecule has 0 bridgehead atoms. The van der Waals surface area contributed by atoms with Crippen LogP contribution in [0.3, 0.4) is 0 Å². The van der Waals surface area contributed by atoms with Crippen molar-refractivity contribution in [2.45, 2.75) is 40.2 Å². The fraction of sp³-hybridized carbons (Fsp3) is 0.556. The van der Waals surface area contributed by atoms with E-state index in [1.807, 2.05) is 31.5 Å². The quantitative estimate of drug-likeness (QED) is 0.593. The second-order valence-corrected chi connectivity index (χ2v) is 7.33. The lowest BCUT2D eigenvalue weighted by atomic mass is 9.97. The van der Waals surface area contributed by atoms with Crippen molar-refractivity contribution < 1.29 is 14.3 Å². The highest BCUT2D eigenvalue weighted by molar-refractivity contribution is 8.18. The van der Waals surface area contributed by atoms with E-state index in [1.54, 1.807) is 6.20 Å². The Morgan fingerprint density at radius 2 is 2.12 bits per heavy atom. The van der Waals surface area contributed by atoms with E-state index >= 15 is 0 Å². The van der Waals surface area contributed by atoms with E-state index in [2.05, 4.69) is 15.0 Å². The monoisotopic (exact) mass is 376 g/mol. The summed E-state index contributed by atoms with van der Waals surface area (Å²) in [6.07, 6.45) is 5.11. The Morgan fingerprint density at radius 3 is 2.73 bits per heavy atom. The van der Waals surface area contributed by atoms with Crippen molar-refractivity contribution in [2.75, 3.05) is 19.7 Å². The van der Waals surface area contributed by atoms with Crippen molar-refractivity contribution in [1.29, 1.82) is 0 Å². The van der Waals surface area contributed by atoms with Gasteiger partial charge in [0.2, 0.25) is 0 Å². The number of carbonyl (C=O) groups is 2. The van der Waals surface area contributed by atoms with Gasteiger partial charge in [0.15, 0.2) is 5.17 Å². The third kappa shape index (κ3) is 3.85. The van der Waals surface area contributed by atoms with Crippen molar-refractivity contribution in [3.05, 3.63) is 22.4 Å². The van der Waals surface area contributed by atoms with Crippen LogP contribution in [0.5, 0.6) is 0 Å². The van der Waals surface area contributed by atoms with Gasteiger partial charge in [-0.2, -0.15) is 10.1 Å². The predicted molar refractivity (Wildman–Crippen MR) is 102 cm³/mol. The lowest BCUT2D eigenvalue weighted by molar-refractivity contribution is -0.149. The number of thioether (sulfide) groups is 1. The van der Waals surface area contributed by atoms with Gasteiger partial charge in [-0.15, -0.1) is 0 Å². The zero-order valence-corrected chi connectivity index (χ0v) is 16.2. The molecule has 1 saturated heterocycles.